The Hall–Kier alpha value is -0.530. The molecule has 1 aliphatic rings. The van der Waals surface area contributed by atoms with Crippen molar-refractivity contribution in [3.8, 4) is 0 Å². The number of carbonyl (C=O) groups is 1. The summed E-state index contributed by atoms with van der Waals surface area (Å²) in [5, 5.41) is 5.91. The van der Waals surface area contributed by atoms with E-state index in [0.717, 1.165) is 25.8 Å². The third-order valence-electron chi connectivity index (χ3n) is 3.47. The second kappa shape index (κ2) is 13.2. The fraction of sp³-hybridized carbons (Fsp3) is 0.867. The first-order valence-corrected chi connectivity index (χ1v) is 8.05. The molecule has 0 aromatic rings. The van der Waals surface area contributed by atoms with E-state index in [1.807, 2.05) is 0 Å². The highest BCUT2D eigenvalue weighted by Crippen LogP contribution is 2.28. The van der Waals surface area contributed by atoms with E-state index in [1.165, 1.54) is 32.1 Å². The molecule has 0 heterocycles. The van der Waals surface area contributed by atoms with Gasteiger partial charge in [0, 0.05) is 25.6 Å². The monoisotopic (exact) mass is 410 g/mol. The molecule has 0 saturated heterocycles. The highest BCUT2D eigenvalue weighted by molar-refractivity contribution is 14.0. The molecule has 0 radical (unpaired) electrons. The SMILES string of the molecule is CCCCCCCCN=C(N)NCCNC(=O)C1CC1.I. The Morgan fingerprint density at radius 2 is 1.71 bits per heavy atom. The van der Waals surface area contributed by atoms with Gasteiger partial charge in [0.05, 0.1) is 0 Å². The molecule has 1 rings (SSSR count). The van der Waals surface area contributed by atoms with Crippen LogP contribution in [0.4, 0.5) is 0 Å². The van der Waals surface area contributed by atoms with Crippen molar-refractivity contribution in [3.05, 3.63) is 0 Å². The van der Waals surface area contributed by atoms with Gasteiger partial charge in [-0.25, -0.2) is 0 Å². The molecule has 0 atom stereocenters. The van der Waals surface area contributed by atoms with Gasteiger partial charge in [0.25, 0.3) is 0 Å². The second-order valence-electron chi connectivity index (χ2n) is 5.53. The third-order valence-corrected chi connectivity index (χ3v) is 3.47. The van der Waals surface area contributed by atoms with Crippen LogP contribution in [0.2, 0.25) is 0 Å². The lowest BCUT2D eigenvalue weighted by Crippen LogP contribution is -2.38. The van der Waals surface area contributed by atoms with Gasteiger partial charge >= 0.3 is 0 Å². The van der Waals surface area contributed by atoms with Crippen molar-refractivity contribution in [2.75, 3.05) is 19.6 Å². The largest absolute Gasteiger partial charge is 0.370 e. The van der Waals surface area contributed by atoms with Crippen molar-refractivity contribution in [1.29, 1.82) is 0 Å². The number of nitrogens with two attached hydrogens (primary N) is 1. The number of nitrogens with one attached hydrogen (secondary N) is 2. The number of halogens is 1. The van der Waals surface area contributed by atoms with Gasteiger partial charge in [0.15, 0.2) is 5.96 Å². The average Bonchev–Trinajstić information content (AvgIpc) is 3.27. The second-order valence-corrected chi connectivity index (χ2v) is 5.53. The molecule has 1 aliphatic carbocycles. The first kappa shape index (κ1) is 20.5. The molecular weight excluding hydrogens is 379 g/mol. The van der Waals surface area contributed by atoms with Crippen LogP contribution in [0.1, 0.15) is 58.3 Å². The maximum Gasteiger partial charge on any atom is 0.223 e. The first-order chi connectivity index (χ1) is 9.74. The molecule has 124 valence electrons. The van der Waals surface area contributed by atoms with Crippen LogP contribution in [0, 0.1) is 5.92 Å². The topological polar surface area (TPSA) is 79.5 Å². The summed E-state index contributed by atoms with van der Waals surface area (Å²) in [6.07, 6.45) is 9.66. The van der Waals surface area contributed by atoms with E-state index >= 15 is 0 Å². The molecule has 6 heteroatoms. The summed E-state index contributed by atoms with van der Waals surface area (Å²) in [6.45, 7) is 4.27. The maximum atomic E-state index is 11.4. The van der Waals surface area contributed by atoms with Crippen LogP contribution in [-0.4, -0.2) is 31.5 Å². The lowest BCUT2D eigenvalue weighted by Gasteiger charge is -2.07. The molecule has 5 nitrogen and oxygen atoms in total. The zero-order valence-electron chi connectivity index (χ0n) is 13.2. The number of rotatable bonds is 11. The fourth-order valence-electron chi connectivity index (χ4n) is 2.01. The van der Waals surface area contributed by atoms with E-state index in [9.17, 15) is 4.79 Å². The number of unbranched alkanes of at least 4 members (excludes halogenated alkanes) is 5. The Labute approximate surface area is 145 Å². The zero-order chi connectivity index (χ0) is 14.6. The smallest absolute Gasteiger partial charge is 0.223 e. The minimum absolute atomic E-state index is 0. The fourth-order valence-corrected chi connectivity index (χ4v) is 2.01. The number of carbonyl (C=O) groups excluding carboxylic acids is 1. The predicted molar refractivity (Wildman–Crippen MR) is 99.0 cm³/mol. The number of guanidine groups is 1. The zero-order valence-corrected chi connectivity index (χ0v) is 15.5. The average molecular weight is 410 g/mol. The van der Waals surface area contributed by atoms with Crippen molar-refractivity contribution in [3.63, 3.8) is 0 Å². The highest BCUT2D eigenvalue weighted by atomic mass is 127. The van der Waals surface area contributed by atoms with E-state index in [1.54, 1.807) is 0 Å². The van der Waals surface area contributed by atoms with E-state index in [2.05, 4.69) is 22.5 Å². The predicted octanol–water partition coefficient (Wildman–Crippen LogP) is 2.40. The van der Waals surface area contributed by atoms with E-state index in [4.69, 9.17) is 5.73 Å². The molecule has 0 aromatic heterocycles. The van der Waals surface area contributed by atoms with Gasteiger partial charge < -0.3 is 16.4 Å². The van der Waals surface area contributed by atoms with Gasteiger partial charge in [-0.05, 0) is 19.3 Å². The summed E-state index contributed by atoms with van der Waals surface area (Å²) < 4.78 is 0. The van der Waals surface area contributed by atoms with Crippen LogP contribution in [0.25, 0.3) is 0 Å². The van der Waals surface area contributed by atoms with Gasteiger partial charge in [-0.2, -0.15) is 0 Å². The summed E-state index contributed by atoms with van der Waals surface area (Å²) in [5.74, 6) is 0.933. The number of amides is 1. The Morgan fingerprint density at radius 3 is 2.38 bits per heavy atom. The number of hydrogen-bond donors (Lipinski definition) is 3. The summed E-state index contributed by atoms with van der Waals surface area (Å²) in [7, 11) is 0. The number of aliphatic imine (C=N–C) groups is 1. The van der Waals surface area contributed by atoms with Crippen LogP contribution in [0.5, 0.6) is 0 Å². The molecule has 1 fully saturated rings. The maximum absolute atomic E-state index is 11.4. The summed E-state index contributed by atoms with van der Waals surface area (Å²) in [5.41, 5.74) is 5.75. The van der Waals surface area contributed by atoms with Gasteiger partial charge in [-0.3, -0.25) is 9.79 Å². The lowest BCUT2D eigenvalue weighted by molar-refractivity contribution is -0.122. The standard InChI is InChI=1S/C15H30N4O.HI/c1-2-3-4-5-6-7-10-18-15(16)19-12-11-17-14(20)13-8-9-13;/h13H,2-12H2,1H3,(H,17,20)(H3,16,18,19);1H. The Balaban J connectivity index is 0.00000400. The summed E-state index contributed by atoms with van der Waals surface area (Å²) in [6, 6.07) is 0. The number of nitrogens with zero attached hydrogens (tertiary/aromatic N) is 1. The van der Waals surface area contributed by atoms with Crippen LogP contribution in [-0.2, 0) is 4.79 Å². The number of hydrogen-bond acceptors (Lipinski definition) is 2. The first-order valence-electron chi connectivity index (χ1n) is 8.05. The van der Waals surface area contributed by atoms with Crippen LogP contribution < -0.4 is 16.4 Å². The summed E-state index contributed by atoms with van der Waals surface area (Å²) >= 11 is 0. The van der Waals surface area contributed by atoms with Gasteiger partial charge in [0.2, 0.25) is 5.91 Å². The Bertz CT molecular complexity index is 306. The molecule has 0 aliphatic heterocycles. The van der Waals surface area contributed by atoms with Crippen molar-refractivity contribution >= 4 is 35.8 Å². The molecule has 0 bridgehead atoms. The molecule has 1 amide bonds. The molecular formula is C15H31IN4O. The molecule has 0 unspecified atom stereocenters. The van der Waals surface area contributed by atoms with Crippen molar-refractivity contribution < 1.29 is 4.79 Å². The van der Waals surface area contributed by atoms with Crippen molar-refractivity contribution in [2.24, 2.45) is 16.6 Å². The molecule has 0 spiro atoms. The minimum Gasteiger partial charge on any atom is -0.370 e. The van der Waals surface area contributed by atoms with Crippen LogP contribution in [0.15, 0.2) is 4.99 Å². The highest BCUT2D eigenvalue weighted by Gasteiger charge is 2.28. The normalized spacial score (nSPS) is 14.4. The molecule has 21 heavy (non-hydrogen) atoms. The Morgan fingerprint density at radius 1 is 1.10 bits per heavy atom. The van der Waals surface area contributed by atoms with Gasteiger partial charge in [0.1, 0.15) is 0 Å². The minimum atomic E-state index is 0. The lowest BCUT2D eigenvalue weighted by atomic mass is 10.1. The Kier molecular flexibility index (Phi) is 12.8. The molecule has 0 aromatic carbocycles. The van der Waals surface area contributed by atoms with Crippen LogP contribution in [0.3, 0.4) is 0 Å². The molecule has 4 N–H and O–H groups in total. The van der Waals surface area contributed by atoms with E-state index < -0.39 is 0 Å². The van der Waals surface area contributed by atoms with Crippen molar-refractivity contribution in [2.45, 2.75) is 58.3 Å². The van der Waals surface area contributed by atoms with E-state index in [-0.39, 0.29) is 35.8 Å². The van der Waals surface area contributed by atoms with E-state index in [0.29, 0.717) is 19.0 Å². The summed E-state index contributed by atoms with van der Waals surface area (Å²) in [4.78, 5) is 15.6. The third kappa shape index (κ3) is 11.8. The van der Waals surface area contributed by atoms with Gasteiger partial charge in [-0.1, -0.05) is 39.0 Å². The van der Waals surface area contributed by atoms with Gasteiger partial charge in [-0.15, -0.1) is 24.0 Å². The quantitative estimate of drug-likeness (QED) is 0.212. The van der Waals surface area contributed by atoms with Crippen molar-refractivity contribution in [1.82, 2.24) is 10.6 Å². The molecule has 1 saturated carbocycles. The van der Waals surface area contributed by atoms with Crippen LogP contribution >= 0.6 is 24.0 Å².